The average molecular weight is 318 g/mol. The molecular weight excluding hydrogens is 292 g/mol. The maximum absolute atomic E-state index is 11.8. The predicted molar refractivity (Wildman–Crippen MR) is 90.6 cm³/mol. The van der Waals surface area contributed by atoms with E-state index in [-0.39, 0.29) is 17.4 Å². The molecule has 1 aromatic rings. The molecular formula is C18H26N2O3. The van der Waals surface area contributed by atoms with Crippen molar-refractivity contribution in [1.82, 2.24) is 5.32 Å². The number of nitrogens with one attached hydrogen (secondary N) is 2. The van der Waals surface area contributed by atoms with E-state index in [1.165, 1.54) is 0 Å². The monoisotopic (exact) mass is 318 g/mol. The van der Waals surface area contributed by atoms with Crippen molar-refractivity contribution in [3.63, 3.8) is 0 Å². The van der Waals surface area contributed by atoms with E-state index >= 15 is 0 Å². The van der Waals surface area contributed by atoms with Crippen LogP contribution in [0.15, 0.2) is 18.2 Å². The van der Waals surface area contributed by atoms with E-state index in [0.717, 1.165) is 29.8 Å². The van der Waals surface area contributed by atoms with Gasteiger partial charge >= 0.3 is 0 Å². The first kappa shape index (κ1) is 17.3. The number of aryl methyl sites for hydroxylation is 1. The van der Waals surface area contributed by atoms with Crippen molar-refractivity contribution in [3.8, 4) is 5.75 Å². The third-order valence-electron chi connectivity index (χ3n) is 4.15. The molecule has 0 fully saturated rings. The zero-order chi connectivity index (χ0) is 16.9. The summed E-state index contributed by atoms with van der Waals surface area (Å²) in [5.74, 6) is 0.912. The molecule has 0 saturated carbocycles. The van der Waals surface area contributed by atoms with Crippen molar-refractivity contribution >= 4 is 17.5 Å². The molecule has 0 saturated heterocycles. The van der Waals surface area contributed by atoms with Crippen LogP contribution in [0.4, 0.5) is 5.69 Å². The maximum Gasteiger partial charge on any atom is 0.224 e. The van der Waals surface area contributed by atoms with Crippen LogP contribution < -0.4 is 15.4 Å². The van der Waals surface area contributed by atoms with Gasteiger partial charge in [0.05, 0.1) is 6.61 Å². The van der Waals surface area contributed by atoms with E-state index in [9.17, 15) is 9.59 Å². The summed E-state index contributed by atoms with van der Waals surface area (Å²) < 4.78 is 5.71. The summed E-state index contributed by atoms with van der Waals surface area (Å²) in [6.07, 6.45) is 3.31. The molecule has 1 aliphatic heterocycles. The number of amides is 2. The van der Waals surface area contributed by atoms with Crippen LogP contribution in [-0.4, -0.2) is 24.0 Å². The van der Waals surface area contributed by atoms with E-state index in [1.807, 2.05) is 32.0 Å². The number of benzene rings is 1. The van der Waals surface area contributed by atoms with Crippen molar-refractivity contribution < 1.29 is 14.3 Å². The lowest BCUT2D eigenvalue weighted by Gasteiger charge is -2.24. The Kier molecular flexibility index (Phi) is 5.64. The number of ether oxygens (including phenoxy) is 1. The number of fused-ring (bicyclic) bond motifs is 1. The lowest BCUT2D eigenvalue weighted by molar-refractivity contribution is -0.123. The summed E-state index contributed by atoms with van der Waals surface area (Å²) in [4.78, 5) is 23.2. The van der Waals surface area contributed by atoms with Gasteiger partial charge in [-0.15, -0.1) is 0 Å². The van der Waals surface area contributed by atoms with Crippen molar-refractivity contribution in [3.05, 3.63) is 23.8 Å². The summed E-state index contributed by atoms with van der Waals surface area (Å²) in [5.41, 5.74) is 1.82. The predicted octanol–water partition coefficient (Wildman–Crippen LogP) is 3.04. The smallest absolute Gasteiger partial charge is 0.224 e. The van der Waals surface area contributed by atoms with E-state index < -0.39 is 0 Å². The van der Waals surface area contributed by atoms with Gasteiger partial charge < -0.3 is 15.4 Å². The van der Waals surface area contributed by atoms with Gasteiger partial charge in [-0.2, -0.15) is 0 Å². The van der Waals surface area contributed by atoms with Crippen LogP contribution in [-0.2, 0) is 16.0 Å². The first-order valence-electron chi connectivity index (χ1n) is 8.26. The number of carbonyl (C=O) groups excluding carboxylic acids is 2. The molecule has 23 heavy (non-hydrogen) atoms. The largest absolute Gasteiger partial charge is 0.494 e. The molecule has 1 heterocycles. The zero-order valence-corrected chi connectivity index (χ0v) is 14.2. The molecule has 0 spiro atoms. The lowest BCUT2D eigenvalue weighted by Crippen LogP contribution is -2.42. The lowest BCUT2D eigenvalue weighted by atomic mass is 10.0. The summed E-state index contributed by atoms with van der Waals surface area (Å²) in [7, 11) is 0. The second-order valence-electron chi connectivity index (χ2n) is 6.60. The van der Waals surface area contributed by atoms with Crippen LogP contribution in [0.1, 0.15) is 52.0 Å². The molecule has 0 unspecified atom stereocenters. The van der Waals surface area contributed by atoms with E-state index in [1.54, 1.807) is 0 Å². The molecule has 1 aliphatic rings. The Labute approximate surface area is 137 Å². The molecule has 0 aromatic heterocycles. The number of carbonyl (C=O) groups is 2. The first-order valence-corrected chi connectivity index (χ1v) is 8.26. The quantitative estimate of drug-likeness (QED) is 0.759. The minimum atomic E-state index is -0.152. The second kappa shape index (κ2) is 7.49. The topological polar surface area (TPSA) is 67.4 Å². The normalized spacial score (nSPS) is 14.0. The van der Waals surface area contributed by atoms with E-state index in [4.69, 9.17) is 4.74 Å². The van der Waals surface area contributed by atoms with Crippen LogP contribution in [0.3, 0.4) is 0 Å². The van der Waals surface area contributed by atoms with Gasteiger partial charge in [0, 0.05) is 24.1 Å². The standard InChI is InChI=1S/C18H26N2O3/c1-4-18(2,3)20-17(22)6-5-11-23-14-8-9-15-13(12-14)7-10-16(21)19-15/h8-9,12H,4-7,10-11H2,1-3H3,(H,19,21)(H,20,22). The van der Waals surface area contributed by atoms with Gasteiger partial charge in [-0.1, -0.05) is 6.92 Å². The van der Waals surface area contributed by atoms with Gasteiger partial charge in [0.2, 0.25) is 11.8 Å². The fourth-order valence-electron chi connectivity index (χ4n) is 2.40. The Hall–Kier alpha value is -2.04. The SMILES string of the molecule is CCC(C)(C)NC(=O)CCCOc1ccc2c(c1)CCC(=O)N2. The zero-order valence-electron chi connectivity index (χ0n) is 14.2. The molecule has 0 bridgehead atoms. The number of hydrogen-bond donors (Lipinski definition) is 2. The third-order valence-corrected chi connectivity index (χ3v) is 4.15. The molecule has 2 amide bonds. The molecule has 126 valence electrons. The fraction of sp³-hybridized carbons (Fsp3) is 0.556. The number of rotatable bonds is 7. The van der Waals surface area contributed by atoms with Crippen LogP contribution in [0, 0.1) is 0 Å². The summed E-state index contributed by atoms with van der Waals surface area (Å²) in [6.45, 7) is 6.60. The van der Waals surface area contributed by atoms with Crippen LogP contribution >= 0.6 is 0 Å². The van der Waals surface area contributed by atoms with Crippen LogP contribution in [0.5, 0.6) is 5.75 Å². The van der Waals surface area contributed by atoms with E-state index in [2.05, 4.69) is 17.6 Å². The molecule has 0 aliphatic carbocycles. The number of anilines is 1. The minimum absolute atomic E-state index is 0.0622. The van der Waals surface area contributed by atoms with Gasteiger partial charge in [-0.25, -0.2) is 0 Å². The van der Waals surface area contributed by atoms with Gasteiger partial charge in [0.1, 0.15) is 5.75 Å². The van der Waals surface area contributed by atoms with Crippen molar-refractivity contribution in [1.29, 1.82) is 0 Å². The third kappa shape index (κ3) is 5.27. The molecule has 1 aromatic carbocycles. The molecule has 5 nitrogen and oxygen atoms in total. The van der Waals surface area contributed by atoms with Gasteiger partial charge in [-0.3, -0.25) is 9.59 Å². The Bertz CT molecular complexity index is 582. The highest BCUT2D eigenvalue weighted by Crippen LogP contribution is 2.26. The van der Waals surface area contributed by atoms with Crippen LogP contribution in [0.25, 0.3) is 0 Å². The summed E-state index contributed by atoms with van der Waals surface area (Å²) in [5, 5.41) is 5.86. The highest BCUT2D eigenvalue weighted by Gasteiger charge is 2.17. The Morgan fingerprint density at radius 1 is 1.35 bits per heavy atom. The highest BCUT2D eigenvalue weighted by atomic mass is 16.5. The summed E-state index contributed by atoms with van der Waals surface area (Å²) >= 11 is 0. The van der Waals surface area contributed by atoms with Crippen molar-refractivity contribution in [2.75, 3.05) is 11.9 Å². The fourth-order valence-corrected chi connectivity index (χ4v) is 2.40. The minimum Gasteiger partial charge on any atom is -0.494 e. The Morgan fingerprint density at radius 3 is 2.87 bits per heavy atom. The van der Waals surface area contributed by atoms with Crippen molar-refractivity contribution in [2.45, 2.75) is 58.4 Å². The average Bonchev–Trinajstić information content (AvgIpc) is 2.51. The molecule has 0 radical (unpaired) electrons. The molecule has 2 rings (SSSR count). The summed E-state index contributed by atoms with van der Waals surface area (Å²) in [6, 6.07) is 5.69. The molecule has 5 heteroatoms. The van der Waals surface area contributed by atoms with E-state index in [0.29, 0.717) is 25.9 Å². The number of hydrogen-bond acceptors (Lipinski definition) is 3. The Balaban J connectivity index is 1.75. The van der Waals surface area contributed by atoms with Gasteiger partial charge in [-0.05, 0) is 56.9 Å². The second-order valence-corrected chi connectivity index (χ2v) is 6.60. The molecule has 2 N–H and O–H groups in total. The highest BCUT2D eigenvalue weighted by molar-refractivity contribution is 5.94. The maximum atomic E-state index is 11.8. The van der Waals surface area contributed by atoms with Gasteiger partial charge in [0.15, 0.2) is 0 Å². The van der Waals surface area contributed by atoms with Gasteiger partial charge in [0.25, 0.3) is 0 Å². The first-order chi connectivity index (χ1) is 10.9. The van der Waals surface area contributed by atoms with Crippen molar-refractivity contribution in [2.24, 2.45) is 0 Å². The Morgan fingerprint density at radius 2 is 2.13 bits per heavy atom. The van der Waals surface area contributed by atoms with Crippen LogP contribution in [0.2, 0.25) is 0 Å². The molecule has 0 atom stereocenters.